The first-order chi connectivity index (χ1) is 9.49. The number of hydrogen-bond acceptors (Lipinski definition) is 2. The summed E-state index contributed by atoms with van der Waals surface area (Å²) < 4.78 is 19.6. The highest BCUT2D eigenvalue weighted by Gasteiger charge is 2.22. The second kappa shape index (κ2) is 6.25. The summed E-state index contributed by atoms with van der Waals surface area (Å²) in [6.07, 6.45) is -0.500. The van der Waals surface area contributed by atoms with Crippen LogP contribution < -0.4 is 10.5 Å². The van der Waals surface area contributed by atoms with Crippen LogP contribution in [0.15, 0.2) is 42.5 Å². The molecule has 0 fully saturated rings. The molecule has 2 unspecified atom stereocenters. The first kappa shape index (κ1) is 14.8. The van der Waals surface area contributed by atoms with E-state index in [0.29, 0.717) is 5.02 Å². The van der Waals surface area contributed by atoms with Crippen LogP contribution in [0.4, 0.5) is 4.39 Å². The van der Waals surface area contributed by atoms with E-state index >= 15 is 0 Å². The van der Waals surface area contributed by atoms with Gasteiger partial charge in [-0.3, -0.25) is 0 Å². The number of ether oxygens (including phenoxy) is 1. The first-order valence-electron chi connectivity index (χ1n) is 6.42. The molecule has 0 saturated carbocycles. The lowest BCUT2D eigenvalue weighted by atomic mass is 10.0. The van der Waals surface area contributed by atoms with E-state index in [1.165, 1.54) is 6.07 Å². The topological polar surface area (TPSA) is 35.2 Å². The third kappa shape index (κ3) is 3.30. The van der Waals surface area contributed by atoms with Crippen LogP contribution in [0.2, 0.25) is 5.02 Å². The molecule has 0 bridgehead atoms. The molecule has 2 rings (SSSR count). The quantitative estimate of drug-likeness (QED) is 0.914. The van der Waals surface area contributed by atoms with Crippen LogP contribution in [-0.2, 0) is 0 Å². The summed E-state index contributed by atoms with van der Waals surface area (Å²) in [7, 11) is 0. The Hall–Kier alpha value is -1.58. The van der Waals surface area contributed by atoms with Gasteiger partial charge in [0, 0.05) is 16.6 Å². The summed E-state index contributed by atoms with van der Waals surface area (Å²) in [5, 5.41) is 0.558. The summed E-state index contributed by atoms with van der Waals surface area (Å²) in [4.78, 5) is 0. The standard InChI is InChI=1S/C16H17ClFNO/c1-10-7-8-14(18)15(9-10)20-16(11(2)19)12-5-3-4-6-13(12)17/h3-9,11,16H,19H2,1-2H3. The van der Waals surface area contributed by atoms with Gasteiger partial charge in [0.05, 0.1) is 0 Å². The SMILES string of the molecule is Cc1ccc(F)c(OC(c2ccccc2Cl)C(C)N)c1. The maximum atomic E-state index is 13.8. The lowest BCUT2D eigenvalue weighted by Crippen LogP contribution is -2.29. The van der Waals surface area contributed by atoms with Crippen LogP contribution in [0.25, 0.3) is 0 Å². The fourth-order valence-electron chi connectivity index (χ4n) is 2.00. The first-order valence-corrected chi connectivity index (χ1v) is 6.79. The molecule has 0 aliphatic rings. The zero-order valence-electron chi connectivity index (χ0n) is 11.4. The zero-order chi connectivity index (χ0) is 14.7. The third-order valence-electron chi connectivity index (χ3n) is 3.03. The van der Waals surface area contributed by atoms with Crippen molar-refractivity contribution >= 4 is 11.6 Å². The molecule has 106 valence electrons. The van der Waals surface area contributed by atoms with Crippen molar-refractivity contribution in [3.05, 3.63) is 64.4 Å². The van der Waals surface area contributed by atoms with Gasteiger partial charge < -0.3 is 10.5 Å². The van der Waals surface area contributed by atoms with Gasteiger partial charge >= 0.3 is 0 Å². The highest BCUT2D eigenvalue weighted by Crippen LogP contribution is 2.31. The molecule has 4 heteroatoms. The van der Waals surface area contributed by atoms with Gasteiger partial charge in [-0.1, -0.05) is 35.9 Å². The van der Waals surface area contributed by atoms with Gasteiger partial charge in [-0.15, -0.1) is 0 Å². The molecule has 0 saturated heterocycles. The molecule has 0 radical (unpaired) electrons. The van der Waals surface area contributed by atoms with Crippen molar-refractivity contribution in [3.63, 3.8) is 0 Å². The number of aryl methyl sites for hydroxylation is 1. The highest BCUT2D eigenvalue weighted by molar-refractivity contribution is 6.31. The van der Waals surface area contributed by atoms with E-state index < -0.39 is 11.9 Å². The molecule has 0 amide bonds. The molecule has 2 aromatic carbocycles. The minimum absolute atomic E-state index is 0.187. The predicted molar refractivity (Wildman–Crippen MR) is 79.6 cm³/mol. The van der Waals surface area contributed by atoms with Crippen LogP contribution in [0.1, 0.15) is 24.2 Å². The van der Waals surface area contributed by atoms with Crippen molar-refractivity contribution in [2.24, 2.45) is 5.73 Å². The second-order valence-corrected chi connectivity index (χ2v) is 5.26. The van der Waals surface area contributed by atoms with E-state index in [9.17, 15) is 4.39 Å². The molecular weight excluding hydrogens is 277 g/mol. The zero-order valence-corrected chi connectivity index (χ0v) is 12.2. The minimum atomic E-state index is -0.500. The Balaban J connectivity index is 2.36. The van der Waals surface area contributed by atoms with Crippen LogP contribution in [0.5, 0.6) is 5.75 Å². The highest BCUT2D eigenvalue weighted by atomic mass is 35.5. The monoisotopic (exact) mass is 293 g/mol. The molecule has 0 aromatic heterocycles. The average Bonchev–Trinajstić information content (AvgIpc) is 2.40. The van der Waals surface area contributed by atoms with Gasteiger partial charge in [0.25, 0.3) is 0 Å². The average molecular weight is 294 g/mol. The summed E-state index contributed by atoms with van der Waals surface area (Å²) in [5.41, 5.74) is 7.64. The molecule has 2 nitrogen and oxygen atoms in total. The van der Waals surface area contributed by atoms with Crippen molar-refractivity contribution in [1.82, 2.24) is 0 Å². The van der Waals surface area contributed by atoms with Gasteiger partial charge in [-0.2, -0.15) is 0 Å². The van der Waals surface area contributed by atoms with Crippen molar-refractivity contribution in [2.75, 3.05) is 0 Å². The molecule has 2 N–H and O–H groups in total. The van der Waals surface area contributed by atoms with Crippen molar-refractivity contribution in [3.8, 4) is 5.75 Å². The van der Waals surface area contributed by atoms with E-state index in [4.69, 9.17) is 22.1 Å². The van der Waals surface area contributed by atoms with E-state index in [1.54, 1.807) is 18.2 Å². The van der Waals surface area contributed by atoms with Crippen LogP contribution in [0.3, 0.4) is 0 Å². The number of rotatable bonds is 4. The maximum Gasteiger partial charge on any atom is 0.165 e. The lowest BCUT2D eigenvalue weighted by Gasteiger charge is -2.24. The van der Waals surface area contributed by atoms with Gasteiger partial charge in [0.15, 0.2) is 11.6 Å². The minimum Gasteiger partial charge on any atom is -0.481 e. The Bertz CT molecular complexity index is 601. The Labute approximate surface area is 123 Å². The molecule has 2 atom stereocenters. The van der Waals surface area contributed by atoms with E-state index in [1.807, 2.05) is 32.0 Å². The van der Waals surface area contributed by atoms with Crippen molar-refractivity contribution < 1.29 is 9.13 Å². The van der Waals surface area contributed by atoms with Crippen molar-refractivity contribution in [1.29, 1.82) is 0 Å². The summed E-state index contributed by atoms with van der Waals surface area (Å²) in [6, 6.07) is 11.7. The maximum absolute atomic E-state index is 13.8. The van der Waals surface area contributed by atoms with E-state index in [0.717, 1.165) is 11.1 Å². The van der Waals surface area contributed by atoms with Crippen LogP contribution in [0, 0.1) is 12.7 Å². The smallest absolute Gasteiger partial charge is 0.165 e. The van der Waals surface area contributed by atoms with Gasteiger partial charge in [-0.05, 0) is 37.6 Å². The summed E-state index contributed by atoms with van der Waals surface area (Å²) in [5.74, 6) is -0.222. The van der Waals surface area contributed by atoms with Crippen molar-refractivity contribution in [2.45, 2.75) is 26.0 Å². The summed E-state index contributed by atoms with van der Waals surface area (Å²) >= 11 is 6.17. The number of benzene rings is 2. The van der Waals surface area contributed by atoms with Crippen LogP contribution >= 0.6 is 11.6 Å². The largest absolute Gasteiger partial charge is 0.481 e. The van der Waals surface area contributed by atoms with E-state index in [2.05, 4.69) is 0 Å². The van der Waals surface area contributed by atoms with E-state index in [-0.39, 0.29) is 11.8 Å². The fraction of sp³-hybridized carbons (Fsp3) is 0.250. The number of hydrogen-bond donors (Lipinski definition) is 1. The molecular formula is C16H17ClFNO. The fourth-order valence-corrected chi connectivity index (χ4v) is 2.24. The molecule has 0 aliphatic heterocycles. The Morgan fingerprint density at radius 3 is 2.55 bits per heavy atom. The predicted octanol–water partition coefficient (Wildman–Crippen LogP) is 4.25. The molecule has 0 heterocycles. The molecule has 2 aromatic rings. The van der Waals surface area contributed by atoms with Gasteiger partial charge in [0.2, 0.25) is 0 Å². The second-order valence-electron chi connectivity index (χ2n) is 4.85. The molecule has 20 heavy (non-hydrogen) atoms. The molecule has 0 aliphatic carbocycles. The van der Waals surface area contributed by atoms with Gasteiger partial charge in [0.1, 0.15) is 6.10 Å². The number of halogens is 2. The Morgan fingerprint density at radius 1 is 1.20 bits per heavy atom. The third-order valence-corrected chi connectivity index (χ3v) is 3.37. The Morgan fingerprint density at radius 2 is 1.90 bits per heavy atom. The summed E-state index contributed by atoms with van der Waals surface area (Å²) in [6.45, 7) is 3.68. The Kier molecular flexibility index (Phi) is 4.63. The number of nitrogens with two attached hydrogens (primary N) is 1. The molecule has 0 spiro atoms. The van der Waals surface area contributed by atoms with Gasteiger partial charge in [-0.25, -0.2) is 4.39 Å². The normalized spacial score (nSPS) is 13.8. The lowest BCUT2D eigenvalue weighted by molar-refractivity contribution is 0.172. The van der Waals surface area contributed by atoms with Crippen LogP contribution in [-0.4, -0.2) is 6.04 Å².